The van der Waals surface area contributed by atoms with Crippen LogP contribution >= 0.6 is 0 Å². The molecule has 1 aliphatic carbocycles. The second-order valence-corrected chi connectivity index (χ2v) is 5.59. The van der Waals surface area contributed by atoms with Gasteiger partial charge in [-0.3, -0.25) is 0 Å². The van der Waals surface area contributed by atoms with Crippen molar-refractivity contribution in [1.29, 1.82) is 0 Å². The molecule has 2 heteroatoms. The Kier molecular flexibility index (Phi) is 4.04. The van der Waals surface area contributed by atoms with Crippen molar-refractivity contribution in [3.8, 4) is 0 Å². The molecule has 2 fully saturated rings. The van der Waals surface area contributed by atoms with E-state index in [1.54, 1.807) is 0 Å². The zero-order chi connectivity index (χ0) is 10.7. The molecule has 1 saturated heterocycles. The van der Waals surface area contributed by atoms with Crippen molar-refractivity contribution >= 4 is 0 Å². The molecule has 2 nitrogen and oxygen atoms in total. The maximum atomic E-state index is 3.51. The molecule has 3 atom stereocenters. The Bertz CT molecular complexity index is 193. The van der Waals surface area contributed by atoms with E-state index in [0.717, 1.165) is 17.9 Å². The molecule has 0 aromatic heterocycles. The molecular formula is C13H26N2. The lowest BCUT2D eigenvalue weighted by atomic mass is 9.84. The molecule has 15 heavy (non-hydrogen) atoms. The molecule has 88 valence electrons. The van der Waals surface area contributed by atoms with E-state index in [9.17, 15) is 0 Å². The number of hydrogen-bond donors (Lipinski definition) is 1. The molecule has 0 amide bonds. The van der Waals surface area contributed by atoms with Crippen LogP contribution in [0.15, 0.2) is 0 Å². The van der Waals surface area contributed by atoms with Crippen molar-refractivity contribution in [2.45, 2.75) is 45.1 Å². The minimum absolute atomic E-state index is 0.787. The van der Waals surface area contributed by atoms with Crippen molar-refractivity contribution in [3.05, 3.63) is 0 Å². The Balaban J connectivity index is 1.81. The summed E-state index contributed by atoms with van der Waals surface area (Å²) in [5, 5.41) is 3.51. The molecule has 2 rings (SSSR count). The third-order valence-corrected chi connectivity index (χ3v) is 4.28. The molecule has 1 saturated carbocycles. The third-order valence-electron chi connectivity index (χ3n) is 4.28. The highest BCUT2D eigenvalue weighted by atomic mass is 15.1. The summed E-state index contributed by atoms with van der Waals surface area (Å²) in [5.74, 6) is 1.84. The molecule has 1 heterocycles. The van der Waals surface area contributed by atoms with Gasteiger partial charge in [-0.05, 0) is 44.7 Å². The van der Waals surface area contributed by atoms with Crippen LogP contribution in [-0.2, 0) is 0 Å². The summed E-state index contributed by atoms with van der Waals surface area (Å²) in [6.07, 6.45) is 7.13. The van der Waals surface area contributed by atoms with Crippen LogP contribution in [0.5, 0.6) is 0 Å². The normalized spacial score (nSPS) is 38.4. The van der Waals surface area contributed by atoms with Crippen LogP contribution in [0.3, 0.4) is 0 Å². The van der Waals surface area contributed by atoms with Gasteiger partial charge in [0.2, 0.25) is 0 Å². The Morgan fingerprint density at radius 3 is 2.67 bits per heavy atom. The highest BCUT2D eigenvalue weighted by molar-refractivity contribution is 4.84. The molecule has 0 bridgehead atoms. The average Bonchev–Trinajstić information content (AvgIpc) is 2.65. The van der Waals surface area contributed by atoms with Crippen molar-refractivity contribution in [1.82, 2.24) is 10.2 Å². The maximum Gasteiger partial charge on any atom is 0.0104 e. The summed E-state index contributed by atoms with van der Waals surface area (Å²) >= 11 is 0. The predicted octanol–water partition coefficient (Wildman–Crippen LogP) is 2.11. The van der Waals surface area contributed by atoms with E-state index in [-0.39, 0.29) is 0 Å². The minimum Gasteiger partial charge on any atom is -0.317 e. The summed E-state index contributed by atoms with van der Waals surface area (Å²) < 4.78 is 0. The molecule has 0 aromatic rings. The van der Waals surface area contributed by atoms with Gasteiger partial charge in [-0.15, -0.1) is 0 Å². The van der Waals surface area contributed by atoms with Gasteiger partial charge in [-0.1, -0.05) is 19.8 Å². The molecule has 1 N–H and O–H groups in total. The van der Waals surface area contributed by atoms with Gasteiger partial charge in [-0.2, -0.15) is 0 Å². The second-order valence-electron chi connectivity index (χ2n) is 5.59. The van der Waals surface area contributed by atoms with Crippen LogP contribution < -0.4 is 5.32 Å². The maximum absolute atomic E-state index is 3.51. The fraction of sp³-hybridized carbons (Fsp3) is 1.00. The molecule has 3 unspecified atom stereocenters. The summed E-state index contributed by atoms with van der Waals surface area (Å²) in [4.78, 5) is 2.69. The zero-order valence-electron chi connectivity index (χ0n) is 10.3. The molecule has 2 aliphatic rings. The Labute approximate surface area is 94.4 Å². The van der Waals surface area contributed by atoms with Crippen LogP contribution in [0, 0.1) is 11.8 Å². The predicted molar refractivity (Wildman–Crippen MR) is 65.0 cm³/mol. The van der Waals surface area contributed by atoms with Crippen LogP contribution in [0.25, 0.3) is 0 Å². The first-order valence-corrected chi connectivity index (χ1v) is 6.69. The quantitative estimate of drug-likeness (QED) is 0.767. The number of hydrogen-bond acceptors (Lipinski definition) is 2. The smallest absolute Gasteiger partial charge is 0.0104 e. The largest absolute Gasteiger partial charge is 0.317 e. The fourth-order valence-corrected chi connectivity index (χ4v) is 3.33. The molecular weight excluding hydrogens is 184 g/mol. The van der Waals surface area contributed by atoms with E-state index in [4.69, 9.17) is 0 Å². The summed E-state index contributed by atoms with van der Waals surface area (Å²) in [7, 11) is 2.13. The Morgan fingerprint density at radius 1 is 1.20 bits per heavy atom. The van der Waals surface area contributed by atoms with Crippen molar-refractivity contribution in [2.75, 3.05) is 26.7 Å². The average molecular weight is 210 g/mol. The van der Waals surface area contributed by atoms with Crippen LogP contribution in [0.2, 0.25) is 0 Å². The Hall–Kier alpha value is -0.0800. The number of nitrogens with one attached hydrogen (secondary N) is 1. The summed E-state index contributed by atoms with van der Waals surface area (Å²) in [6.45, 7) is 6.41. The van der Waals surface area contributed by atoms with E-state index in [0.29, 0.717) is 0 Å². The van der Waals surface area contributed by atoms with Crippen LogP contribution in [0.1, 0.15) is 39.0 Å². The van der Waals surface area contributed by atoms with E-state index in [1.165, 1.54) is 51.7 Å². The SMILES string of the molecule is CNC1CCCCC1CN1CCC(C)C1. The lowest BCUT2D eigenvalue weighted by Gasteiger charge is -2.34. The van der Waals surface area contributed by atoms with Gasteiger partial charge in [0.1, 0.15) is 0 Å². The highest BCUT2D eigenvalue weighted by Crippen LogP contribution is 2.27. The first kappa shape index (κ1) is 11.4. The summed E-state index contributed by atoms with van der Waals surface area (Å²) in [6, 6.07) is 0.787. The standard InChI is InChI=1S/C13H26N2/c1-11-7-8-15(9-11)10-12-5-3-4-6-13(12)14-2/h11-14H,3-10H2,1-2H3. The summed E-state index contributed by atoms with van der Waals surface area (Å²) in [5.41, 5.74) is 0. The topological polar surface area (TPSA) is 15.3 Å². The number of nitrogens with zero attached hydrogens (tertiary/aromatic N) is 1. The number of likely N-dealkylation sites (tertiary alicyclic amines) is 1. The van der Waals surface area contributed by atoms with Gasteiger partial charge < -0.3 is 10.2 Å². The monoisotopic (exact) mass is 210 g/mol. The highest BCUT2D eigenvalue weighted by Gasteiger charge is 2.27. The zero-order valence-corrected chi connectivity index (χ0v) is 10.3. The molecule has 0 spiro atoms. The van der Waals surface area contributed by atoms with Crippen molar-refractivity contribution in [3.63, 3.8) is 0 Å². The van der Waals surface area contributed by atoms with Crippen LogP contribution in [0.4, 0.5) is 0 Å². The lowest BCUT2D eigenvalue weighted by Crippen LogP contribution is -2.42. The first-order valence-electron chi connectivity index (χ1n) is 6.69. The van der Waals surface area contributed by atoms with E-state index >= 15 is 0 Å². The van der Waals surface area contributed by atoms with E-state index in [2.05, 4.69) is 24.2 Å². The van der Waals surface area contributed by atoms with Gasteiger partial charge in [0.15, 0.2) is 0 Å². The van der Waals surface area contributed by atoms with Gasteiger partial charge in [-0.25, -0.2) is 0 Å². The van der Waals surface area contributed by atoms with E-state index in [1.807, 2.05) is 0 Å². The molecule has 0 radical (unpaired) electrons. The van der Waals surface area contributed by atoms with Crippen molar-refractivity contribution in [2.24, 2.45) is 11.8 Å². The molecule has 0 aromatic carbocycles. The van der Waals surface area contributed by atoms with Gasteiger partial charge >= 0.3 is 0 Å². The van der Waals surface area contributed by atoms with E-state index < -0.39 is 0 Å². The third kappa shape index (κ3) is 2.94. The Morgan fingerprint density at radius 2 is 2.00 bits per heavy atom. The van der Waals surface area contributed by atoms with Crippen LogP contribution in [-0.4, -0.2) is 37.6 Å². The number of rotatable bonds is 3. The second kappa shape index (κ2) is 5.31. The lowest BCUT2D eigenvalue weighted by molar-refractivity contribution is 0.191. The van der Waals surface area contributed by atoms with Gasteiger partial charge in [0.05, 0.1) is 0 Å². The van der Waals surface area contributed by atoms with Crippen molar-refractivity contribution < 1.29 is 0 Å². The van der Waals surface area contributed by atoms with Gasteiger partial charge in [0.25, 0.3) is 0 Å². The first-order chi connectivity index (χ1) is 7.29. The van der Waals surface area contributed by atoms with Gasteiger partial charge in [0, 0.05) is 19.1 Å². The minimum atomic E-state index is 0.787. The molecule has 1 aliphatic heterocycles. The fourth-order valence-electron chi connectivity index (χ4n) is 3.33.